The van der Waals surface area contributed by atoms with Gasteiger partial charge in [-0.25, -0.2) is 0 Å². The molecule has 2 aromatic carbocycles. The molecule has 3 rings (SSSR count). The van der Waals surface area contributed by atoms with Crippen LogP contribution < -0.4 is 15.4 Å². The monoisotopic (exact) mass is 392 g/mol. The predicted molar refractivity (Wildman–Crippen MR) is 105 cm³/mol. The second kappa shape index (κ2) is 8.13. The van der Waals surface area contributed by atoms with Crippen molar-refractivity contribution < 1.29 is 17.9 Å². The zero-order chi connectivity index (χ0) is 20.4. The molecule has 0 saturated carbocycles. The van der Waals surface area contributed by atoms with Crippen molar-refractivity contribution in [1.82, 2.24) is 10.6 Å². The molecular formula is C22H27F3N2O. The number of halogens is 3. The van der Waals surface area contributed by atoms with E-state index >= 15 is 0 Å². The van der Waals surface area contributed by atoms with Gasteiger partial charge in [-0.1, -0.05) is 36.4 Å². The van der Waals surface area contributed by atoms with Gasteiger partial charge >= 0.3 is 6.18 Å². The van der Waals surface area contributed by atoms with Gasteiger partial charge in [0.2, 0.25) is 0 Å². The van der Waals surface area contributed by atoms with E-state index in [9.17, 15) is 13.2 Å². The third-order valence-corrected chi connectivity index (χ3v) is 5.65. The Kier molecular flexibility index (Phi) is 6.01. The van der Waals surface area contributed by atoms with Gasteiger partial charge in [0.15, 0.2) is 0 Å². The highest BCUT2D eigenvalue weighted by atomic mass is 19.4. The molecule has 0 radical (unpaired) electrons. The normalized spacial score (nSPS) is 20.4. The number of benzene rings is 2. The first kappa shape index (κ1) is 20.7. The lowest BCUT2D eigenvalue weighted by atomic mass is 9.83. The number of rotatable bonds is 6. The van der Waals surface area contributed by atoms with E-state index < -0.39 is 11.6 Å². The maximum Gasteiger partial charge on any atom is 0.397 e. The first-order chi connectivity index (χ1) is 13.2. The van der Waals surface area contributed by atoms with Gasteiger partial charge in [-0.2, -0.15) is 13.2 Å². The molecular weight excluding hydrogens is 365 g/mol. The van der Waals surface area contributed by atoms with E-state index in [0.717, 1.165) is 18.5 Å². The van der Waals surface area contributed by atoms with E-state index in [1.54, 1.807) is 12.1 Å². The highest BCUT2D eigenvalue weighted by molar-refractivity contribution is 5.40. The average Bonchev–Trinajstić information content (AvgIpc) is 3.14. The van der Waals surface area contributed by atoms with Crippen molar-refractivity contribution in [3.63, 3.8) is 0 Å². The van der Waals surface area contributed by atoms with Crippen LogP contribution in [0.1, 0.15) is 43.0 Å². The summed E-state index contributed by atoms with van der Waals surface area (Å²) in [5.74, 6) is 0.594. The Morgan fingerprint density at radius 1 is 1.11 bits per heavy atom. The van der Waals surface area contributed by atoms with Crippen LogP contribution in [-0.2, 0) is 12.0 Å². The molecule has 2 N–H and O–H groups in total. The highest BCUT2D eigenvalue weighted by Gasteiger charge is 2.48. The molecule has 2 unspecified atom stereocenters. The van der Waals surface area contributed by atoms with Gasteiger partial charge in [-0.05, 0) is 50.1 Å². The highest BCUT2D eigenvalue weighted by Crippen LogP contribution is 2.41. The van der Waals surface area contributed by atoms with Crippen LogP contribution in [0.3, 0.4) is 0 Å². The summed E-state index contributed by atoms with van der Waals surface area (Å²) in [6, 6.07) is 15.3. The molecule has 1 saturated heterocycles. The second-order valence-corrected chi connectivity index (χ2v) is 7.77. The Balaban J connectivity index is 1.79. The number of nitrogens with one attached hydrogen (secondary N) is 2. The fraction of sp³-hybridized carbons (Fsp3) is 0.455. The fourth-order valence-corrected chi connectivity index (χ4v) is 3.64. The van der Waals surface area contributed by atoms with Gasteiger partial charge in [0, 0.05) is 24.2 Å². The molecule has 152 valence electrons. The number of hydrogen-bond acceptors (Lipinski definition) is 3. The summed E-state index contributed by atoms with van der Waals surface area (Å²) in [4.78, 5) is 0. The number of hydrogen-bond donors (Lipinski definition) is 2. The summed E-state index contributed by atoms with van der Waals surface area (Å²) in [7, 11) is 1.54. The molecule has 1 heterocycles. The maximum absolute atomic E-state index is 13.4. The molecule has 2 atom stereocenters. The Hall–Kier alpha value is -2.05. The summed E-state index contributed by atoms with van der Waals surface area (Å²) >= 11 is 0. The minimum Gasteiger partial charge on any atom is -0.496 e. The second-order valence-electron chi connectivity index (χ2n) is 7.77. The zero-order valence-electron chi connectivity index (χ0n) is 16.4. The first-order valence-electron chi connectivity index (χ1n) is 9.50. The minimum atomic E-state index is -4.32. The zero-order valence-corrected chi connectivity index (χ0v) is 16.4. The van der Waals surface area contributed by atoms with Crippen molar-refractivity contribution in [3.8, 4) is 5.75 Å². The Bertz CT molecular complexity index is 790. The SMILES string of the molecule is COc1ccc(C(C)(C)C(F)(F)F)cc1CNC1CCNC1c1ccccc1. The number of ether oxygens (including phenoxy) is 1. The maximum atomic E-state index is 13.4. The molecule has 0 amide bonds. The van der Waals surface area contributed by atoms with Crippen molar-refractivity contribution in [2.45, 2.75) is 50.5 Å². The summed E-state index contributed by atoms with van der Waals surface area (Å²) in [5, 5.41) is 7.02. The van der Waals surface area contributed by atoms with Crippen LogP contribution >= 0.6 is 0 Å². The first-order valence-corrected chi connectivity index (χ1v) is 9.50. The summed E-state index contributed by atoms with van der Waals surface area (Å²) in [6.45, 7) is 3.76. The molecule has 0 spiro atoms. The molecule has 1 fully saturated rings. The summed E-state index contributed by atoms with van der Waals surface area (Å²) in [6.07, 6.45) is -3.37. The Morgan fingerprint density at radius 2 is 1.82 bits per heavy atom. The molecule has 3 nitrogen and oxygen atoms in total. The van der Waals surface area contributed by atoms with E-state index in [2.05, 4.69) is 22.8 Å². The fourth-order valence-electron chi connectivity index (χ4n) is 3.64. The number of methoxy groups -OCH3 is 1. The van der Waals surface area contributed by atoms with Crippen LogP contribution in [0.15, 0.2) is 48.5 Å². The van der Waals surface area contributed by atoms with Crippen LogP contribution in [0.4, 0.5) is 13.2 Å². The van der Waals surface area contributed by atoms with E-state index in [-0.39, 0.29) is 17.6 Å². The van der Waals surface area contributed by atoms with Crippen molar-refractivity contribution in [3.05, 3.63) is 65.2 Å². The third-order valence-electron chi connectivity index (χ3n) is 5.65. The lowest BCUT2D eigenvalue weighted by Crippen LogP contribution is -2.37. The lowest BCUT2D eigenvalue weighted by molar-refractivity contribution is -0.180. The largest absolute Gasteiger partial charge is 0.496 e. The predicted octanol–water partition coefficient (Wildman–Crippen LogP) is 4.73. The van der Waals surface area contributed by atoms with Gasteiger partial charge in [0.25, 0.3) is 0 Å². The molecule has 2 aromatic rings. The lowest BCUT2D eigenvalue weighted by Gasteiger charge is -2.29. The van der Waals surface area contributed by atoms with Crippen LogP contribution in [0.2, 0.25) is 0 Å². The quantitative estimate of drug-likeness (QED) is 0.746. The van der Waals surface area contributed by atoms with Crippen molar-refractivity contribution in [1.29, 1.82) is 0 Å². The van der Waals surface area contributed by atoms with Crippen molar-refractivity contribution in [2.24, 2.45) is 0 Å². The van der Waals surface area contributed by atoms with E-state index in [0.29, 0.717) is 12.3 Å². The van der Waals surface area contributed by atoms with Gasteiger partial charge < -0.3 is 15.4 Å². The van der Waals surface area contributed by atoms with E-state index in [1.807, 2.05) is 18.2 Å². The van der Waals surface area contributed by atoms with Gasteiger partial charge in [0.05, 0.1) is 12.5 Å². The summed E-state index contributed by atoms with van der Waals surface area (Å²) in [5.41, 5.74) is 0.254. The van der Waals surface area contributed by atoms with Crippen molar-refractivity contribution >= 4 is 0 Å². The minimum absolute atomic E-state index is 0.182. The summed E-state index contributed by atoms with van der Waals surface area (Å²) < 4.78 is 45.7. The Labute approximate surface area is 164 Å². The third kappa shape index (κ3) is 4.18. The number of alkyl halides is 3. The smallest absolute Gasteiger partial charge is 0.397 e. The molecule has 1 aliphatic heterocycles. The standard InChI is InChI=1S/C22H27F3N2O/c1-21(2,22(23,24)25)17-9-10-19(28-3)16(13-17)14-27-18-11-12-26-20(18)15-7-5-4-6-8-15/h4-10,13,18,20,26-27H,11-12,14H2,1-3H3. The topological polar surface area (TPSA) is 33.3 Å². The molecule has 1 aliphatic rings. The van der Waals surface area contributed by atoms with Gasteiger partial charge in [-0.3, -0.25) is 0 Å². The average molecular weight is 392 g/mol. The molecule has 6 heteroatoms. The van der Waals surface area contributed by atoms with Gasteiger partial charge in [-0.15, -0.1) is 0 Å². The van der Waals surface area contributed by atoms with Crippen molar-refractivity contribution in [2.75, 3.05) is 13.7 Å². The van der Waals surface area contributed by atoms with Crippen LogP contribution in [0.25, 0.3) is 0 Å². The molecule has 0 aliphatic carbocycles. The van der Waals surface area contributed by atoms with Gasteiger partial charge in [0.1, 0.15) is 5.75 Å². The van der Waals surface area contributed by atoms with Crippen LogP contribution in [0.5, 0.6) is 5.75 Å². The van der Waals surface area contributed by atoms with E-state index in [1.165, 1.54) is 32.6 Å². The Morgan fingerprint density at radius 3 is 2.46 bits per heavy atom. The molecule has 28 heavy (non-hydrogen) atoms. The molecule has 0 aromatic heterocycles. The van der Waals surface area contributed by atoms with E-state index in [4.69, 9.17) is 4.74 Å². The van der Waals surface area contributed by atoms with Crippen LogP contribution in [-0.4, -0.2) is 25.9 Å². The molecule has 0 bridgehead atoms. The van der Waals surface area contributed by atoms with Crippen LogP contribution in [0, 0.1) is 0 Å².